The molecule has 1 aliphatic heterocycles. The molecule has 2 aliphatic rings. The van der Waals surface area contributed by atoms with Crippen molar-refractivity contribution < 1.29 is 18.0 Å². The van der Waals surface area contributed by atoms with Gasteiger partial charge in [-0.25, -0.2) is 8.42 Å². The summed E-state index contributed by atoms with van der Waals surface area (Å²) < 4.78 is 27.7. The molecule has 8 heteroatoms. The van der Waals surface area contributed by atoms with E-state index in [1.807, 2.05) is 6.92 Å². The van der Waals surface area contributed by atoms with Crippen molar-refractivity contribution in [2.75, 3.05) is 17.8 Å². The molecule has 0 bridgehead atoms. The first-order valence-electron chi connectivity index (χ1n) is 11.6. The average molecular weight is 470 g/mol. The number of carbonyl (C=O) groups is 2. The Morgan fingerprint density at radius 1 is 0.879 bits per heavy atom. The molecule has 2 amide bonds. The Labute approximate surface area is 195 Å². The van der Waals surface area contributed by atoms with Gasteiger partial charge in [0.15, 0.2) is 0 Å². The molecule has 0 spiro atoms. The monoisotopic (exact) mass is 469 g/mol. The van der Waals surface area contributed by atoms with E-state index in [-0.39, 0.29) is 22.6 Å². The van der Waals surface area contributed by atoms with Crippen LogP contribution in [0.2, 0.25) is 0 Å². The maximum Gasteiger partial charge on any atom is 0.261 e. The van der Waals surface area contributed by atoms with Crippen LogP contribution in [0.15, 0.2) is 53.4 Å². The number of hydrogen-bond donors (Lipinski definition) is 2. The second-order valence-electron chi connectivity index (χ2n) is 9.05. The van der Waals surface area contributed by atoms with Crippen LogP contribution >= 0.6 is 0 Å². The number of sulfonamides is 1. The quantitative estimate of drug-likeness (QED) is 0.674. The summed E-state index contributed by atoms with van der Waals surface area (Å²) >= 11 is 0. The zero-order valence-electron chi connectivity index (χ0n) is 18.9. The lowest BCUT2D eigenvalue weighted by molar-refractivity contribution is -0.127. The van der Waals surface area contributed by atoms with Crippen LogP contribution in [0.1, 0.15) is 54.4 Å². The van der Waals surface area contributed by atoms with Gasteiger partial charge in [-0.15, -0.1) is 0 Å². The Morgan fingerprint density at radius 2 is 1.48 bits per heavy atom. The van der Waals surface area contributed by atoms with Crippen molar-refractivity contribution in [2.45, 2.75) is 56.4 Å². The molecule has 1 heterocycles. The Kier molecular flexibility index (Phi) is 7.02. The number of amides is 2. The summed E-state index contributed by atoms with van der Waals surface area (Å²) in [5.74, 6) is -0.00925. The van der Waals surface area contributed by atoms with Gasteiger partial charge in [-0.1, -0.05) is 30.5 Å². The number of aryl methyl sites for hydroxylation is 1. The fourth-order valence-electron chi connectivity index (χ4n) is 4.53. The van der Waals surface area contributed by atoms with Crippen molar-refractivity contribution >= 4 is 27.5 Å². The summed E-state index contributed by atoms with van der Waals surface area (Å²) in [5, 5.41) is 3.17. The van der Waals surface area contributed by atoms with Gasteiger partial charge in [-0.3, -0.25) is 14.3 Å². The molecule has 0 unspecified atom stereocenters. The summed E-state index contributed by atoms with van der Waals surface area (Å²) in [6.45, 7) is 2.99. The number of likely N-dealkylation sites (tertiary alicyclic amines) is 1. The van der Waals surface area contributed by atoms with Crippen molar-refractivity contribution in [3.8, 4) is 0 Å². The third-order valence-electron chi connectivity index (χ3n) is 6.57. The lowest BCUT2D eigenvalue weighted by atomic mass is 9.95. The Morgan fingerprint density at radius 3 is 2.09 bits per heavy atom. The molecule has 1 saturated heterocycles. The molecule has 2 N–H and O–H groups in total. The summed E-state index contributed by atoms with van der Waals surface area (Å²) in [4.78, 5) is 27.3. The molecule has 0 atom stereocenters. The minimum absolute atomic E-state index is 0.0341. The van der Waals surface area contributed by atoms with E-state index in [9.17, 15) is 18.0 Å². The molecule has 1 saturated carbocycles. The SMILES string of the molecule is Cc1ccc(S(=O)(=O)Nc2ccc(C(=O)N3CCC(C(=O)NC4CCCC4)CC3)cc2)cc1. The zero-order valence-corrected chi connectivity index (χ0v) is 19.7. The zero-order chi connectivity index (χ0) is 23.4. The third-order valence-corrected chi connectivity index (χ3v) is 7.97. The maximum absolute atomic E-state index is 12.9. The number of anilines is 1. The first-order valence-corrected chi connectivity index (χ1v) is 13.1. The molecular formula is C25H31N3O4S. The van der Waals surface area contributed by atoms with Gasteiger partial charge >= 0.3 is 0 Å². The highest BCUT2D eigenvalue weighted by Gasteiger charge is 2.29. The smallest absolute Gasteiger partial charge is 0.261 e. The molecule has 2 aromatic carbocycles. The molecule has 2 fully saturated rings. The van der Waals surface area contributed by atoms with Crippen LogP contribution in [-0.4, -0.2) is 44.3 Å². The van der Waals surface area contributed by atoms with E-state index < -0.39 is 10.0 Å². The fourth-order valence-corrected chi connectivity index (χ4v) is 5.59. The second-order valence-corrected chi connectivity index (χ2v) is 10.7. The van der Waals surface area contributed by atoms with Crippen molar-refractivity contribution in [3.05, 3.63) is 59.7 Å². The average Bonchev–Trinajstić information content (AvgIpc) is 3.32. The van der Waals surface area contributed by atoms with Crippen LogP contribution in [-0.2, 0) is 14.8 Å². The van der Waals surface area contributed by atoms with Crippen LogP contribution in [0.25, 0.3) is 0 Å². The topological polar surface area (TPSA) is 95.6 Å². The summed E-state index contributed by atoms with van der Waals surface area (Å²) in [5.41, 5.74) is 1.88. The molecule has 1 aliphatic carbocycles. The molecule has 0 radical (unpaired) electrons. The number of benzene rings is 2. The predicted molar refractivity (Wildman–Crippen MR) is 127 cm³/mol. The fraction of sp³-hybridized carbons (Fsp3) is 0.440. The van der Waals surface area contributed by atoms with Gasteiger partial charge in [0.05, 0.1) is 4.90 Å². The van der Waals surface area contributed by atoms with E-state index in [1.165, 1.54) is 12.8 Å². The highest BCUT2D eigenvalue weighted by Crippen LogP contribution is 2.23. The van der Waals surface area contributed by atoms with Gasteiger partial charge < -0.3 is 10.2 Å². The number of rotatable bonds is 6. The molecule has 176 valence electrons. The number of hydrogen-bond acceptors (Lipinski definition) is 4. The van der Waals surface area contributed by atoms with E-state index in [2.05, 4.69) is 10.0 Å². The highest BCUT2D eigenvalue weighted by molar-refractivity contribution is 7.92. The minimum Gasteiger partial charge on any atom is -0.353 e. The van der Waals surface area contributed by atoms with E-state index in [1.54, 1.807) is 53.4 Å². The number of nitrogens with one attached hydrogen (secondary N) is 2. The summed E-state index contributed by atoms with van der Waals surface area (Å²) in [6.07, 6.45) is 5.84. The Bertz CT molecular complexity index is 1080. The van der Waals surface area contributed by atoms with Gasteiger partial charge in [0.1, 0.15) is 0 Å². The van der Waals surface area contributed by atoms with E-state index in [0.29, 0.717) is 43.2 Å². The first kappa shape index (κ1) is 23.3. The number of nitrogens with zero attached hydrogens (tertiary/aromatic N) is 1. The Balaban J connectivity index is 1.31. The standard InChI is InChI=1S/C25H31N3O4S/c1-18-6-12-23(13-7-18)33(31,32)27-22-10-8-20(9-11-22)25(30)28-16-14-19(15-17-28)24(29)26-21-4-2-3-5-21/h6-13,19,21,27H,2-5,14-17H2,1H3,(H,26,29). The largest absolute Gasteiger partial charge is 0.353 e. The van der Waals surface area contributed by atoms with Gasteiger partial charge in [-0.05, 0) is 69.0 Å². The first-order chi connectivity index (χ1) is 15.8. The molecule has 0 aromatic heterocycles. The maximum atomic E-state index is 12.9. The number of piperidine rings is 1. The van der Waals surface area contributed by atoms with Gasteiger partial charge in [-0.2, -0.15) is 0 Å². The van der Waals surface area contributed by atoms with E-state index in [0.717, 1.165) is 18.4 Å². The van der Waals surface area contributed by atoms with Crippen molar-refractivity contribution in [1.29, 1.82) is 0 Å². The van der Waals surface area contributed by atoms with E-state index in [4.69, 9.17) is 0 Å². The van der Waals surface area contributed by atoms with Crippen molar-refractivity contribution in [1.82, 2.24) is 10.2 Å². The molecule has 4 rings (SSSR count). The van der Waals surface area contributed by atoms with Crippen molar-refractivity contribution in [3.63, 3.8) is 0 Å². The van der Waals surface area contributed by atoms with Crippen LogP contribution < -0.4 is 10.0 Å². The van der Waals surface area contributed by atoms with Gasteiger partial charge in [0.2, 0.25) is 5.91 Å². The lowest BCUT2D eigenvalue weighted by Crippen LogP contribution is -2.44. The van der Waals surface area contributed by atoms with Crippen LogP contribution in [0.4, 0.5) is 5.69 Å². The van der Waals surface area contributed by atoms with Crippen LogP contribution in [0.3, 0.4) is 0 Å². The molecular weight excluding hydrogens is 438 g/mol. The van der Waals surface area contributed by atoms with Crippen molar-refractivity contribution in [2.24, 2.45) is 5.92 Å². The molecule has 2 aromatic rings. The van der Waals surface area contributed by atoms with Gasteiger partial charge in [0.25, 0.3) is 15.9 Å². The van der Waals surface area contributed by atoms with Crippen LogP contribution in [0, 0.1) is 12.8 Å². The lowest BCUT2D eigenvalue weighted by Gasteiger charge is -2.32. The minimum atomic E-state index is -3.69. The number of carbonyl (C=O) groups excluding carboxylic acids is 2. The molecule has 33 heavy (non-hydrogen) atoms. The van der Waals surface area contributed by atoms with Gasteiger partial charge in [0, 0.05) is 36.3 Å². The summed E-state index contributed by atoms with van der Waals surface area (Å²) in [6, 6.07) is 13.4. The second kappa shape index (κ2) is 9.95. The highest BCUT2D eigenvalue weighted by atomic mass is 32.2. The third kappa shape index (κ3) is 5.74. The normalized spacial score (nSPS) is 17.7. The predicted octanol–water partition coefficient (Wildman–Crippen LogP) is 3.71. The summed E-state index contributed by atoms with van der Waals surface area (Å²) in [7, 11) is -3.69. The van der Waals surface area contributed by atoms with Crippen LogP contribution in [0.5, 0.6) is 0 Å². The molecule has 7 nitrogen and oxygen atoms in total. The van der Waals surface area contributed by atoms with E-state index >= 15 is 0 Å². The Hall–Kier alpha value is -2.87.